The number of hydrogen-bond donors (Lipinski definition) is 0. The van der Waals surface area contributed by atoms with Crippen molar-refractivity contribution in [3.63, 3.8) is 0 Å². The van der Waals surface area contributed by atoms with Crippen LogP contribution in [0.3, 0.4) is 0 Å². The monoisotopic (exact) mass is 426 g/mol. The lowest BCUT2D eigenvalue weighted by atomic mass is 9.93. The van der Waals surface area contributed by atoms with Crippen molar-refractivity contribution < 1.29 is 23.1 Å². The molecule has 1 fully saturated rings. The zero-order valence-electron chi connectivity index (χ0n) is 18.1. The average molecular weight is 426 g/mol. The molecule has 4 rings (SSSR count). The zero-order valence-corrected chi connectivity index (χ0v) is 18.1. The molecule has 1 aromatic carbocycles. The summed E-state index contributed by atoms with van der Waals surface area (Å²) >= 11 is 0. The molecule has 0 unspecified atom stereocenters. The topological polar surface area (TPSA) is 64.8 Å². The molecule has 3 heterocycles. The lowest BCUT2D eigenvalue weighted by Crippen LogP contribution is -2.41. The first-order valence-electron chi connectivity index (χ1n) is 10.5. The average Bonchev–Trinajstić information content (AvgIpc) is 3.23. The van der Waals surface area contributed by atoms with Crippen molar-refractivity contribution in [2.45, 2.75) is 51.7 Å². The number of benzene rings is 1. The van der Waals surface area contributed by atoms with Crippen LogP contribution in [0.15, 0.2) is 47.1 Å². The number of aromatic nitrogens is 1. The van der Waals surface area contributed by atoms with E-state index in [1.54, 1.807) is 17.0 Å². The standard InChI is InChI=1S/C24H27FN2O4/c1-24(2,3)31-23(28)27-12-9-16(10-13-27)20-5-4-6-21(26-20)30-15-17-7-8-19(25)18-11-14-29-22(17)18/h4-8,11,14,16H,9-10,12-13,15H2,1-3H3. The Hall–Kier alpha value is -3.09. The van der Waals surface area contributed by atoms with Gasteiger partial charge in [0.25, 0.3) is 0 Å². The van der Waals surface area contributed by atoms with Gasteiger partial charge in [-0.2, -0.15) is 0 Å². The molecule has 0 radical (unpaired) electrons. The Kier molecular flexibility index (Phi) is 5.85. The Morgan fingerprint density at radius 3 is 2.71 bits per heavy atom. The molecule has 0 aliphatic carbocycles. The highest BCUT2D eigenvalue weighted by atomic mass is 19.1. The van der Waals surface area contributed by atoms with E-state index in [0.717, 1.165) is 24.1 Å². The minimum atomic E-state index is -0.493. The number of carbonyl (C=O) groups excluding carboxylic acids is 1. The van der Waals surface area contributed by atoms with Gasteiger partial charge in [0.15, 0.2) is 0 Å². The first-order valence-corrected chi connectivity index (χ1v) is 10.5. The zero-order chi connectivity index (χ0) is 22.0. The van der Waals surface area contributed by atoms with Gasteiger partial charge in [0, 0.05) is 36.3 Å². The molecule has 0 saturated carbocycles. The molecule has 1 amide bonds. The van der Waals surface area contributed by atoms with Crippen molar-refractivity contribution in [3.8, 4) is 5.88 Å². The number of ether oxygens (including phenoxy) is 2. The van der Waals surface area contributed by atoms with Crippen LogP contribution in [-0.4, -0.2) is 34.7 Å². The summed E-state index contributed by atoms with van der Waals surface area (Å²) in [6, 6.07) is 10.4. The number of piperidine rings is 1. The van der Waals surface area contributed by atoms with Crippen LogP contribution in [0.5, 0.6) is 5.88 Å². The summed E-state index contributed by atoms with van der Waals surface area (Å²) in [4.78, 5) is 18.7. The Balaban J connectivity index is 1.37. The van der Waals surface area contributed by atoms with Crippen LogP contribution in [0, 0.1) is 5.82 Å². The van der Waals surface area contributed by atoms with E-state index < -0.39 is 5.60 Å². The summed E-state index contributed by atoms with van der Waals surface area (Å²) in [5.74, 6) is 0.450. The van der Waals surface area contributed by atoms with Crippen molar-refractivity contribution >= 4 is 17.1 Å². The summed E-state index contributed by atoms with van der Waals surface area (Å²) in [5.41, 5.74) is 1.71. The fourth-order valence-electron chi connectivity index (χ4n) is 3.77. The highest BCUT2D eigenvalue weighted by Crippen LogP contribution is 2.29. The number of nitrogens with zero attached hydrogens (tertiary/aromatic N) is 2. The maximum atomic E-state index is 13.8. The molecule has 0 spiro atoms. The summed E-state index contributed by atoms with van der Waals surface area (Å²) in [7, 11) is 0. The number of halogens is 1. The maximum Gasteiger partial charge on any atom is 0.410 e. The van der Waals surface area contributed by atoms with Gasteiger partial charge >= 0.3 is 6.09 Å². The van der Waals surface area contributed by atoms with Crippen LogP contribution in [0.2, 0.25) is 0 Å². The van der Waals surface area contributed by atoms with Gasteiger partial charge in [-0.1, -0.05) is 6.07 Å². The number of furan rings is 1. The number of hydrogen-bond acceptors (Lipinski definition) is 5. The summed E-state index contributed by atoms with van der Waals surface area (Å²) < 4.78 is 30.6. The van der Waals surface area contributed by atoms with Crippen LogP contribution < -0.4 is 4.74 Å². The van der Waals surface area contributed by atoms with E-state index in [4.69, 9.17) is 13.9 Å². The van der Waals surface area contributed by atoms with Crippen LogP contribution in [0.4, 0.5) is 9.18 Å². The molecular weight excluding hydrogens is 399 g/mol. The van der Waals surface area contributed by atoms with Crippen LogP contribution in [0.25, 0.3) is 11.0 Å². The first-order chi connectivity index (χ1) is 14.8. The third kappa shape index (κ3) is 4.98. The van der Waals surface area contributed by atoms with E-state index in [1.165, 1.54) is 12.3 Å². The Bertz CT molecular complexity index is 1060. The molecule has 164 valence electrons. The van der Waals surface area contributed by atoms with Crippen LogP contribution in [-0.2, 0) is 11.3 Å². The van der Waals surface area contributed by atoms with Crippen molar-refractivity contribution in [3.05, 3.63) is 59.7 Å². The Labute approximate surface area is 181 Å². The Morgan fingerprint density at radius 2 is 1.97 bits per heavy atom. The number of carbonyl (C=O) groups is 1. The molecule has 0 atom stereocenters. The van der Waals surface area contributed by atoms with E-state index in [1.807, 2.05) is 39.0 Å². The minimum Gasteiger partial charge on any atom is -0.473 e. The van der Waals surface area contributed by atoms with Crippen LogP contribution in [0.1, 0.15) is 50.8 Å². The van der Waals surface area contributed by atoms with Gasteiger partial charge in [-0.15, -0.1) is 0 Å². The van der Waals surface area contributed by atoms with E-state index in [-0.39, 0.29) is 24.4 Å². The van der Waals surface area contributed by atoms with Gasteiger partial charge in [-0.3, -0.25) is 0 Å². The summed E-state index contributed by atoms with van der Waals surface area (Å²) in [6.07, 6.45) is 2.85. The SMILES string of the molecule is CC(C)(C)OC(=O)N1CCC(c2cccc(OCc3ccc(F)c4ccoc34)n2)CC1. The molecule has 7 heteroatoms. The molecule has 1 saturated heterocycles. The Morgan fingerprint density at radius 1 is 1.19 bits per heavy atom. The quantitative estimate of drug-likeness (QED) is 0.539. The smallest absolute Gasteiger partial charge is 0.410 e. The van der Waals surface area contributed by atoms with E-state index >= 15 is 0 Å². The second kappa shape index (κ2) is 8.57. The van der Waals surface area contributed by atoms with Crippen molar-refractivity contribution in [2.24, 2.45) is 0 Å². The number of pyridine rings is 1. The van der Waals surface area contributed by atoms with Gasteiger partial charge in [-0.25, -0.2) is 14.2 Å². The molecule has 0 N–H and O–H groups in total. The maximum absolute atomic E-state index is 13.8. The largest absolute Gasteiger partial charge is 0.473 e. The molecule has 3 aromatic rings. The van der Waals surface area contributed by atoms with Crippen molar-refractivity contribution in [1.29, 1.82) is 0 Å². The van der Waals surface area contributed by atoms with Gasteiger partial charge < -0.3 is 18.8 Å². The second-order valence-corrected chi connectivity index (χ2v) is 8.80. The molecular formula is C24H27FN2O4. The molecule has 31 heavy (non-hydrogen) atoms. The molecule has 1 aliphatic heterocycles. The molecule has 6 nitrogen and oxygen atoms in total. The first kappa shape index (κ1) is 21.2. The van der Waals surface area contributed by atoms with E-state index in [2.05, 4.69) is 4.98 Å². The summed E-state index contributed by atoms with van der Waals surface area (Å²) in [6.45, 7) is 7.12. The number of fused-ring (bicyclic) bond motifs is 1. The molecule has 0 bridgehead atoms. The highest BCUT2D eigenvalue weighted by molar-refractivity contribution is 5.80. The summed E-state index contributed by atoms with van der Waals surface area (Å²) in [5, 5.41) is 0.444. The highest BCUT2D eigenvalue weighted by Gasteiger charge is 2.28. The van der Waals surface area contributed by atoms with Gasteiger partial charge in [0.1, 0.15) is 23.6 Å². The van der Waals surface area contributed by atoms with E-state index in [9.17, 15) is 9.18 Å². The van der Waals surface area contributed by atoms with Crippen molar-refractivity contribution in [2.75, 3.05) is 13.1 Å². The fourth-order valence-corrected chi connectivity index (χ4v) is 3.77. The lowest BCUT2D eigenvalue weighted by Gasteiger charge is -2.33. The number of amides is 1. The normalized spacial score (nSPS) is 15.3. The lowest BCUT2D eigenvalue weighted by molar-refractivity contribution is 0.0204. The van der Waals surface area contributed by atoms with Crippen LogP contribution >= 0.6 is 0 Å². The third-order valence-corrected chi connectivity index (χ3v) is 5.33. The third-order valence-electron chi connectivity index (χ3n) is 5.33. The fraction of sp³-hybridized carbons (Fsp3) is 0.417. The minimum absolute atomic E-state index is 0.234. The number of likely N-dealkylation sites (tertiary alicyclic amines) is 1. The number of rotatable bonds is 4. The van der Waals surface area contributed by atoms with Crippen molar-refractivity contribution in [1.82, 2.24) is 9.88 Å². The van der Waals surface area contributed by atoms with Gasteiger partial charge in [-0.05, 0) is 57.9 Å². The van der Waals surface area contributed by atoms with Gasteiger partial charge in [0.05, 0.1) is 11.6 Å². The predicted octanol–water partition coefficient (Wildman–Crippen LogP) is 5.66. The van der Waals surface area contributed by atoms with E-state index in [0.29, 0.717) is 29.9 Å². The second-order valence-electron chi connectivity index (χ2n) is 8.80. The van der Waals surface area contributed by atoms with Gasteiger partial charge in [0.2, 0.25) is 5.88 Å². The molecule has 2 aromatic heterocycles. The molecule has 1 aliphatic rings. The predicted molar refractivity (Wildman–Crippen MR) is 115 cm³/mol.